The van der Waals surface area contributed by atoms with Gasteiger partial charge in [0.05, 0.1) is 0 Å². The van der Waals surface area contributed by atoms with Crippen LogP contribution in [0.1, 0.15) is 25.3 Å². The maximum atomic E-state index is 5.90. The molecule has 0 spiro atoms. The van der Waals surface area contributed by atoms with E-state index >= 15 is 0 Å². The SMILES string of the molecule is CCC(C)(N)COc1nnc(C)s1. The van der Waals surface area contributed by atoms with Crippen LogP contribution in [-0.4, -0.2) is 22.3 Å². The van der Waals surface area contributed by atoms with Crippen LogP contribution in [-0.2, 0) is 0 Å². The predicted octanol–water partition coefficient (Wildman–Crippen LogP) is 1.35. The van der Waals surface area contributed by atoms with Gasteiger partial charge < -0.3 is 10.5 Å². The molecule has 0 aromatic carbocycles. The number of aromatic nitrogens is 2. The molecule has 1 heterocycles. The zero-order chi connectivity index (χ0) is 9.90. The van der Waals surface area contributed by atoms with Gasteiger partial charge in [0.2, 0.25) is 0 Å². The summed E-state index contributed by atoms with van der Waals surface area (Å²) in [5.74, 6) is 0. The number of hydrogen-bond acceptors (Lipinski definition) is 5. The maximum Gasteiger partial charge on any atom is 0.294 e. The fourth-order valence-electron chi connectivity index (χ4n) is 0.665. The third-order valence-electron chi connectivity index (χ3n) is 1.84. The first-order valence-corrected chi connectivity index (χ1v) is 5.07. The van der Waals surface area contributed by atoms with Gasteiger partial charge in [-0.3, -0.25) is 0 Å². The minimum atomic E-state index is -0.278. The highest BCUT2D eigenvalue weighted by Gasteiger charge is 2.17. The van der Waals surface area contributed by atoms with Gasteiger partial charge >= 0.3 is 0 Å². The van der Waals surface area contributed by atoms with Gasteiger partial charge in [-0.1, -0.05) is 18.3 Å². The molecular formula is C8H15N3OS. The molecule has 0 aliphatic carbocycles. The smallest absolute Gasteiger partial charge is 0.294 e. The van der Waals surface area contributed by atoms with E-state index in [0.717, 1.165) is 11.4 Å². The summed E-state index contributed by atoms with van der Waals surface area (Å²) in [5, 5.41) is 9.20. The highest BCUT2D eigenvalue weighted by Crippen LogP contribution is 2.18. The summed E-state index contributed by atoms with van der Waals surface area (Å²) in [4.78, 5) is 0. The zero-order valence-corrected chi connectivity index (χ0v) is 9.02. The first-order valence-electron chi connectivity index (χ1n) is 4.25. The number of nitrogens with zero attached hydrogens (tertiary/aromatic N) is 2. The van der Waals surface area contributed by atoms with Crippen LogP contribution in [0.25, 0.3) is 0 Å². The average Bonchev–Trinajstić information content (AvgIpc) is 2.48. The van der Waals surface area contributed by atoms with E-state index < -0.39 is 0 Å². The molecule has 2 N–H and O–H groups in total. The fourth-order valence-corrected chi connectivity index (χ4v) is 1.20. The second kappa shape index (κ2) is 4.02. The van der Waals surface area contributed by atoms with Crippen molar-refractivity contribution < 1.29 is 4.74 Å². The second-order valence-corrected chi connectivity index (χ2v) is 4.53. The molecule has 0 aliphatic heterocycles. The van der Waals surface area contributed by atoms with Crippen molar-refractivity contribution in [3.05, 3.63) is 5.01 Å². The van der Waals surface area contributed by atoms with Gasteiger partial charge in [-0.15, -0.1) is 10.2 Å². The lowest BCUT2D eigenvalue weighted by atomic mass is 10.0. The molecule has 0 saturated heterocycles. The number of nitrogens with two attached hydrogens (primary N) is 1. The molecule has 0 fully saturated rings. The normalized spacial score (nSPS) is 15.4. The summed E-state index contributed by atoms with van der Waals surface area (Å²) in [6.45, 7) is 6.37. The van der Waals surface area contributed by atoms with Gasteiger partial charge in [0.25, 0.3) is 5.19 Å². The molecule has 74 valence electrons. The quantitative estimate of drug-likeness (QED) is 0.798. The van der Waals surface area contributed by atoms with Crippen LogP contribution >= 0.6 is 11.3 Å². The molecule has 1 atom stereocenters. The lowest BCUT2D eigenvalue weighted by molar-refractivity contribution is 0.224. The molecule has 0 radical (unpaired) electrons. The maximum absolute atomic E-state index is 5.90. The minimum absolute atomic E-state index is 0.278. The van der Waals surface area contributed by atoms with Crippen LogP contribution in [0, 0.1) is 6.92 Å². The molecule has 0 saturated carbocycles. The lowest BCUT2D eigenvalue weighted by Crippen LogP contribution is -2.41. The average molecular weight is 201 g/mol. The molecule has 0 bridgehead atoms. The summed E-state index contributed by atoms with van der Waals surface area (Å²) >= 11 is 1.44. The standard InChI is InChI=1S/C8H15N3OS/c1-4-8(3,9)5-12-7-11-10-6(2)13-7/h4-5,9H2,1-3H3. The molecule has 1 aromatic rings. The first-order chi connectivity index (χ1) is 6.03. The zero-order valence-electron chi connectivity index (χ0n) is 8.20. The Bertz CT molecular complexity index is 272. The number of rotatable bonds is 4. The molecule has 0 amide bonds. The minimum Gasteiger partial charge on any atom is -0.467 e. The van der Waals surface area contributed by atoms with Crippen LogP contribution < -0.4 is 10.5 Å². The number of hydrogen-bond donors (Lipinski definition) is 1. The van der Waals surface area contributed by atoms with E-state index in [0.29, 0.717) is 11.8 Å². The van der Waals surface area contributed by atoms with Gasteiger partial charge in [-0.2, -0.15) is 0 Å². The van der Waals surface area contributed by atoms with Crippen LogP contribution in [0.5, 0.6) is 5.19 Å². The second-order valence-electron chi connectivity index (χ2n) is 3.38. The van der Waals surface area contributed by atoms with Crippen molar-refractivity contribution in [1.29, 1.82) is 0 Å². The van der Waals surface area contributed by atoms with Crippen molar-refractivity contribution in [2.24, 2.45) is 5.73 Å². The Morgan fingerprint density at radius 1 is 1.54 bits per heavy atom. The number of aryl methyl sites for hydroxylation is 1. The van der Waals surface area contributed by atoms with Gasteiger partial charge in [-0.25, -0.2) is 0 Å². The molecule has 13 heavy (non-hydrogen) atoms. The fraction of sp³-hybridized carbons (Fsp3) is 0.750. The third kappa shape index (κ3) is 3.28. The van der Waals surface area contributed by atoms with Crippen molar-refractivity contribution in [2.45, 2.75) is 32.7 Å². The van der Waals surface area contributed by atoms with E-state index in [9.17, 15) is 0 Å². The number of ether oxygens (including phenoxy) is 1. The van der Waals surface area contributed by atoms with E-state index in [1.165, 1.54) is 11.3 Å². The van der Waals surface area contributed by atoms with Crippen LogP contribution in [0.4, 0.5) is 0 Å². The van der Waals surface area contributed by atoms with Crippen molar-refractivity contribution in [3.63, 3.8) is 0 Å². The van der Waals surface area contributed by atoms with E-state index in [1.807, 2.05) is 20.8 Å². The van der Waals surface area contributed by atoms with Gasteiger partial charge in [0, 0.05) is 5.54 Å². The predicted molar refractivity (Wildman–Crippen MR) is 53.0 cm³/mol. The van der Waals surface area contributed by atoms with Gasteiger partial charge in [-0.05, 0) is 20.3 Å². The van der Waals surface area contributed by atoms with Crippen LogP contribution in [0.2, 0.25) is 0 Å². The van der Waals surface area contributed by atoms with E-state index in [1.54, 1.807) is 0 Å². The highest BCUT2D eigenvalue weighted by atomic mass is 32.1. The monoisotopic (exact) mass is 201 g/mol. The summed E-state index contributed by atoms with van der Waals surface area (Å²) in [6, 6.07) is 0. The first kappa shape index (κ1) is 10.4. The van der Waals surface area contributed by atoms with Gasteiger partial charge in [0.15, 0.2) is 0 Å². The lowest BCUT2D eigenvalue weighted by Gasteiger charge is -2.21. The molecule has 0 aliphatic rings. The molecular weight excluding hydrogens is 186 g/mol. The Labute approximate surface area is 82.1 Å². The summed E-state index contributed by atoms with van der Waals surface area (Å²) in [5.41, 5.74) is 5.62. The van der Waals surface area contributed by atoms with E-state index in [2.05, 4.69) is 10.2 Å². The summed E-state index contributed by atoms with van der Waals surface area (Å²) < 4.78 is 5.40. The Morgan fingerprint density at radius 3 is 2.69 bits per heavy atom. The highest BCUT2D eigenvalue weighted by molar-refractivity contribution is 7.12. The Morgan fingerprint density at radius 2 is 2.23 bits per heavy atom. The van der Waals surface area contributed by atoms with E-state index in [-0.39, 0.29) is 5.54 Å². The van der Waals surface area contributed by atoms with Crippen molar-refractivity contribution in [2.75, 3.05) is 6.61 Å². The Balaban J connectivity index is 2.43. The largest absolute Gasteiger partial charge is 0.467 e. The van der Waals surface area contributed by atoms with Gasteiger partial charge in [0.1, 0.15) is 11.6 Å². The molecule has 1 aromatic heterocycles. The van der Waals surface area contributed by atoms with Crippen molar-refractivity contribution >= 4 is 11.3 Å². The van der Waals surface area contributed by atoms with Crippen LogP contribution in [0.3, 0.4) is 0 Å². The Kier molecular flexibility index (Phi) is 3.22. The Hall–Kier alpha value is -0.680. The van der Waals surface area contributed by atoms with Crippen molar-refractivity contribution in [3.8, 4) is 5.19 Å². The molecule has 4 nitrogen and oxygen atoms in total. The topological polar surface area (TPSA) is 61.0 Å². The summed E-state index contributed by atoms with van der Waals surface area (Å²) in [7, 11) is 0. The third-order valence-corrected chi connectivity index (χ3v) is 2.59. The van der Waals surface area contributed by atoms with Crippen LogP contribution in [0.15, 0.2) is 0 Å². The molecule has 1 unspecified atom stereocenters. The van der Waals surface area contributed by atoms with Crippen molar-refractivity contribution in [1.82, 2.24) is 10.2 Å². The molecule has 1 rings (SSSR count). The summed E-state index contributed by atoms with van der Waals surface area (Å²) in [6.07, 6.45) is 0.880. The molecule has 5 heteroatoms. The van der Waals surface area contributed by atoms with E-state index in [4.69, 9.17) is 10.5 Å².